The van der Waals surface area contributed by atoms with Crippen LogP contribution >= 0.6 is 0 Å². The Morgan fingerprint density at radius 1 is 1.19 bits per heavy atom. The average Bonchev–Trinajstić information content (AvgIpc) is 3.47. The highest BCUT2D eigenvalue weighted by Crippen LogP contribution is 2.69. The first-order valence-corrected chi connectivity index (χ1v) is 12.4. The van der Waals surface area contributed by atoms with E-state index in [1.807, 2.05) is 0 Å². The smallest absolute Gasteiger partial charge is 0.303 e. The summed E-state index contributed by atoms with van der Waals surface area (Å²) in [5.41, 5.74) is 1.35. The van der Waals surface area contributed by atoms with Crippen molar-refractivity contribution >= 4 is 5.97 Å². The van der Waals surface area contributed by atoms with Gasteiger partial charge in [-0.2, -0.15) is 0 Å². The number of methoxy groups -OCH3 is 2. The second-order valence-electron chi connectivity index (χ2n) is 11.6. The van der Waals surface area contributed by atoms with Crippen LogP contribution in [-0.2, 0) is 23.7 Å². The van der Waals surface area contributed by atoms with Crippen LogP contribution in [0.25, 0.3) is 0 Å². The molecule has 1 aliphatic heterocycles. The van der Waals surface area contributed by atoms with Gasteiger partial charge in [0.1, 0.15) is 12.2 Å². The van der Waals surface area contributed by atoms with E-state index in [0.29, 0.717) is 30.1 Å². The highest BCUT2D eigenvalue weighted by molar-refractivity contribution is 5.66. The third kappa shape index (κ3) is 3.09. The van der Waals surface area contributed by atoms with E-state index in [0.717, 1.165) is 25.7 Å². The standard InChI is InChI=1S/C26H40O6/c1-13(24(29-5)30-6)16-7-8-17-21-18(9-10-25(16,17)3)26(4)15(11-19(21)28)12-20(31-14(2)27)22-23(26)32-22/h12-13,16-24,28H,7-11H2,1-6H3/t13?,16-,17?,18?,19-,20-,21?,22+,23+,25-,26+/m1/s1. The number of hydrogen-bond acceptors (Lipinski definition) is 6. The molecule has 32 heavy (non-hydrogen) atoms. The largest absolute Gasteiger partial charge is 0.455 e. The van der Waals surface area contributed by atoms with Crippen LogP contribution in [-0.4, -0.2) is 56.0 Å². The first kappa shape index (κ1) is 22.8. The molecular formula is C26H40O6. The van der Waals surface area contributed by atoms with Crippen LogP contribution in [0.4, 0.5) is 0 Å². The first-order valence-electron chi connectivity index (χ1n) is 12.4. The minimum absolute atomic E-state index is 0.0302. The summed E-state index contributed by atoms with van der Waals surface area (Å²) in [6, 6.07) is 0. The lowest BCUT2D eigenvalue weighted by Gasteiger charge is -2.59. The van der Waals surface area contributed by atoms with Gasteiger partial charge in [0.2, 0.25) is 0 Å². The van der Waals surface area contributed by atoms with Gasteiger partial charge in [-0.05, 0) is 67.3 Å². The molecule has 1 saturated heterocycles. The minimum atomic E-state index is -0.355. The second-order valence-corrected chi connectivity index (χ2v) is 11.6. The minimum Gasteiger partial charge on any atom is -0.455 e. The lowest BCUT2D eigenvalue weighted by Crippen LogP contribution is -2.58. The van der Waals surface area contributed by atoms with E-state index in [4.69, 9.17) is 18.9 Å². The fourth-order valence-electron chi connectivity index (χ4n) is 8.95. The monoisotopic (exact) mass is 448 g/mol. The predicted molar refractivity (Wildman–Crippen MR) is 119 cm³/mol. The molecule has 11 atom stereocenters. The number of aliphatic hydroxyl groups excluding tert-OH is 1. The summed E-state index contributed by atoms with van der Waals surface area (Å²) >= 11 is 0. The van der Waals surface area contributed by atoms with Crippen LogP contribution < -0.4 is 0 Å². The van der Waals surface area contributed by atoms with Crippen LogP contribution in [0.1, 0.15) is 59.8 Å². The Morgan fingerprint density at radius 3 is 2.56 bits per heavy atom. The molecule has 5 rings (SSSR count). The number of ether oxygens (including phenoxy) is 4. The lowest BCUT2D eigenvalue weighted by atomic mass is 9.45. The molecule has 0 amide bonds. The highest BCUT2D eigenvalue weighted by atomic mass is 16.7. The van der Waals surface area contributed by atoms with E-state index >= 15 is 0 Å². The Bertz CT molecular complexity index is 791. The van der Waals surface area contributed by atoms with Crippen molar-refractivity contribution in [1.82, 2.24) is 0 Å². The Balaban J connectivity index is 1.43. The molecule has 0 spiro atoms. The molecule has 1 heterocycles. The van der Waals surface area contributed by atoms with Gasteiger partial charge >= 0.3 is 5.97 Å². The van der Waals surface area contributed by atoms with E-state index in [9.17, 15) is 9.90 Å². The molecule has 180 valence electrons. The summed E-state index contributed by atoms with van der Waals surface area (Å²) in [6.45, 7) is 8.52. The van der Waals surface area contributed by atoms with Gasteiger partial charge in [-0.25, -0.2) is 0 Å². The summed E-state index contributed by atoms with van der Waals surface area (Å²) < 4.78 is 23.0. The summed E-state index contributed by atoms with van der Waals surface area (Å²) in [5, 5.41) is 11.5. The molecule has 0 aromatic heterocycles. The van der Waals surface area contributed by atoms with Crippen molar-refractivity contribution in [3.05, 3.63) is 11.6 Å². The Kier molecular flexibility index (Phi) is 5.56. The SMILES string of the molecule is COC(OC)C(C)[C@H]1CCC2C3C(CC[C@@]21C)[C@]1(C)C(=C[C@@H](OC(C)=O)[C@@H]2O[C@@H]21)C[C@H]3O. The predicted octanol–water partition coefficient (Wildman–Crippen LogP) is 3.71. The number of epoxide rings is 1. The van der Waals surface area contributed by atoms with E-state index in [1.165, 1.54) is 12.5 Å². The van der Waals surface area contributed by atoms with Crippen molar-refractivity contribution in [2.24, 2.45) is 40.4 Å². The number of carbonyl (C=O) groups excluding carboxylic acids is 1. The summed E-state index contributed by atoms with van der Waals surface area (Å²) in [5.74, 6) is 1.76. The van der Waals surface area contributed by atoms with Gasteiger partial charge in [-0.3, -0.25) is 4.79 Å². The van der Waals surface area contributed by atoms with Crippen LogP contribution in [0, 0.1) is 40.4 Å². The molecule has 0 bridgehead atoms. The number of rotatable bonds is 5. The van der Waals surface area contributed by atoms with Crippen molar-refractivity contribution < 1.29 is 28.8 Å². The topological polar surface area (TPSA) is 77.5 Å². The average molecular weight is 449 g/mol. The zero-order chi connectivity index (χ0) is 23.0. The molecule has 6 nitrogen and oxygen atoms in total. The van der Waals surface area contributed by atoms with Crippen LogP contribution in [0.15, 0.2) is 11.6 Å². The van der Waals surface area contributed by atoms with Gasteiger partial charge < -0.3 is 24.1 Å². The molecule has 1 N–H and O–H groups in total. The van der Waals surface area contributed by atoms with Crippen LogP contribution in [0.5, 0.6) is 0 Å². The maximum Gasteiger partial charge on any atom is 0.303 e. The summed E-state index contributed by atoms with van der Waals surface area (Å²) in [7, 11) is 3.46. The molecule has 4 fully saturated rings. The molecule has 0 aromatic carbocycles. The van der Waals surface area contributed by atoms with Gasteiger partial charge in [-0.1, -0.05) is 26.3 Å². The number of esters is 1. The molecule has 4 aliphatic carbocycles. The fourth-order valence-corrected chi connectivity index (χ4v) is 8.95. The fraction of sp³-hybridized carbons (Fsp3) is 0.885. The molecular weight excluding hydrogens is 408 g/mol. The van der Waals surface area contributed by atoms with Crippen molar-refractivity contribution in [3.8, 4) is 0 Å². The second kappa shape index (κ2) is 7.79. The van der Waals surface area contributed by atoms with E-state index in [2.05, 4.69) is 26.8 Å². The zero-order valence-corrected chi connectivity index (χ0v) is 20.4. The number of fused-ring (bicyclic) bond motifs is 7. The molecule has 3 saturated carbocycles. The van der Waals surface area contributed by atoms with Crippen molar-refractivity contribution in [2.45, 2.75) is 90.5 Å². The van der Waals surface area contributed by atoms with Gasteiger partial charge in [0, 0.05) is 32.5 Å². The first-order chi connectivity index (χ1) is 15.2. The van der Waals surface area contributed by atoms with E-state index in [-0.39, 0.29) is 53.4 Å². The van der Waals surface area contributed by atoms with Gasteiger partial charge in [-0.15, -0.1) is 0 Å². The number of aliphatic hydroxyl groups is 1. The number of carbonyl (C=O) groups is 1. The summed E-state index contributed by atoms with van der Waals surface area (Å²) in [6.07, 6.45) is 6.56. The van der Waals surface area contributed by atoms with Gasteiger partial charge in [0.25, 0.3) is 0 Å². The molecule has 6 heteroatoms. The Morgan fingerprint density at radius 2 is 1.91 bits per heavy atom. The van der Waals surface area contributed by atoms with Crippen LogP contribution in [0.2, 0.25) is 0 Å². The summed E-state index contributed by atoms with van der Waals surface area (Å²) in [4.78, 5) is 11.6. The maximum atomic E-state index is 11.6. The molecule has 0 radical (unpaired) electrons. The van der Waals surface area contributed by atoms with E-state index in [1.54, 1.807) is 14.2 Å². The van der Waals surface area contributed by atoms with Crippen molar-refractivity contribution in [3.63, 3.8) is 0 Å². The maximum absolute atomic E-state index is 11.6. The molecule has 4 unspecified atom stereocenters. The van der Waals surface area contributed by atoms with Crippen molar-refractivity contribution in [1.29, 1.82) is 0 Å². The zero-order valence-electron chi connectivity index (χ0n) is 20.4. The van der Waals surface area contributed by atoms with Gasteiger partial charge in [0.15, 0.2) is 6.29 Å². The van der Waals surface area contributed by atoms with Crippen molar-refractivity contribution in [2.75, 3.05) is 14.2 Å². The molecule has 5 aliphatic rings. The van der Waals surface area contributed by atoms with Crippen LogP contribution in [0.3, 0.4) is 0 Å². The van der Waals surface area contributed by atoms with Gasteiger partial charge in [0.05, 0.1) is 12.2 Å². The third-order valence-corrected chi connectivity index (χ3v) is 10.4. The quantitative estimate of drug-likeness (QED) is 0.299. The molecule has 0 aromatic rings. The lowest BCUT2D eigenvalue weighted by molar-refractivity contribution is -0.167. The number of hydrogen-bond donors (Lipinski definition) is 1. The highest BCUT2D eigenvalue weighted by Gasteiger charge is 2.69. The Labute approximate surface area is 192 Å². The Hall–Kier alpha value is -0.950. The normalized spacial score (nSPS) is 49.9. The third-order valence-electron chi connectivity index (χ3n) is 10.4. The van der Waals surface area contributed by atoms with E-state index < -0.39 is 0 Å².